The van der Waals surface area contributed by atoms with Crippen molar-refractivity contribution in [1.82, 2.24) is 9.55 Å². The monoisotopic (exact) mass is 218 g/mol. The second-order valence-corrected chi connectivity index (χ2v) is 3.90. The molecule has 4 heteroatoms. The van der Waals surface area contributed by atoms with Gasteiger partial charge in [-0.25, -0.2) is 9.78 Å². The van der Waals surface area contributed by atoms with E-state index in [4.69, 9.17) is 5.11 Å². The summed E-state index contributed by atoms with van der Waals surface area (Å²) in [6, 6.07) is 0. The minimum absolute atomic E-state index is 0.238. The highest BCUT2D eigenvalue weighted by molar-refractivity contribution is 5.85. The molecule has 4 nitrogen and oxygen atoms in total. The Morgan fingerprint density at radius 1 is 1.62 bits per heavy atom. The van der Waals surface area contributed by atoms with Crippen LogP contribution in [0.15, 0.2) is 36.8 Å². The van der Waals surface area contributed by atoms with Crippen molar-refractivity contribution >= 4 is 5.97 Å². The lowest BCUT2D eigenvalue weighted by Crippen LogP contribution is -2.33. The van der Waals surface area contributed by atoms with Crippen LogP contribution in [-0.4, -0.2) is 20.6 Å². The van der Waals surface area contributed by atoms with Crippen molar-refractivity contribution in [1.29, 1.82) is 0 Å². The maximum absolute atomic E-state index is 11.1. The van der Waals surface area contributed by atoms with Crippen molar-refractivity contribution in [2.24, 2.45) is 0 Å². The van der Waals surface area contributed by atoms with Gasteiger partial charge in [-0.15, -0.1) is 0 Å². The van der Waals surface area contributed by atoms with Crippen molar-refractivity contribution in [2.45, 2.75) is 25.3 Å². The van der Waals surface area contributed by atoms with Crippen LogP contribution in [0.2, 0.25) is 0 Å². The van der Waals surface area contributed by atoms with E-state index in [1.54, 1.807) is 10.9 Å². The first-order valence-electron chi connectivity index (χ1n) is 5.30. The molecule has 1 aromatic heterocycles. The zero-order chi connectivity index (χ0) is 11.6. The number of hydrogen-bond acceptors (Lipinski definition) is 2. The van der Waals surface area contributed by atoms with Crippen molar-refractivity contribution in [2.75, 3.05) is 0 Å². The number of carboxylic acid groups (broad SMARTS) is 1. The molecule has 0 unspecified atom stereocenters. The molecule has 1 aromatic rings. The first kappa shape index (κ1) is 10.7. The minimum atomic E-state index is -0.937. The maximum Gasteiger partial charge on any atom is 0.354 e. The van der Waals surface area contributed by atoms with Gasteiger partial charge in [-0.2, -0.15) is 0 Å². The summed E-state index contributed by atoms with van der Waals surface area (Å²) in [5, 5.41) is 9.09. The molecule has 1 aliphatic carbocycles. The second-order valence-electron chi connectivity index (χ2n) is 3.90. The molecule has 0 bridgehead atoms. The van der Waals surface area contributed by atoms with Gasteiger partial charge < -0.3 is 9.67 Å². The van der Waals surface area contributed by atoms with Gasteiger partial charge in [0.1, 0.15) is 5.69 Å². The summed E-state index contributed by atoms with van der Waals surface area (Å²) < 4.78 is 1.75. The number of nitrogens with zero attached hydrogens (tertiary/aromatic N) is 2. The highest BCUT2D eigenvalue weighted by Crippen LogP contribution is 2.31. The number of rotatable bonds is 3. The molecular formula is C12H14N2O2. The largest absolute Gasteiger partial charge is 0.477 e. The average molecular weight is 218 g/mol. The summed E-state index contributed by atoms with van der Waals surface area (Å²) in [4.78, 5) is 15.0. The van der Waals surface area contributed by atoms with E-state index in [0.717, 1.165) is 12.8 Å². The third-order valence-corrected chi connectivity index (χ3v) is 3.07. The van der Waals surface area contributed by atoms with Crippen molar-refractivity contribution in [3.8, 4) is 0 Å². The molecule has 2 rings (SSSR count). The molecule has 0 fully saturated rings. The molecule has 1 aliphatic rings. The quantitative estimate of drug-likeness (QED) is 0.846. The number of allylic oxidation sites excluding steroid dienone is 4. The van der Waals surface area contributed by atoms with Crippen LogP contribution in [0, 0.1) is 0 Å². The summed E-state index contributed by atoms with van der Waals surface area (Å²) >= 11 is 0. The Bertz CT molecular complexity index is 459. The predicted molar refractivity (Wildman–Crippen MR) is 60.3 cm³/mol. The number of aromatic nitrogens is 2. The highest BCUT2D eigenvalue weighted by Gasteiger charge is 2.30. The number of aromatic carboxylic acids is 1. The lowest BCUT2D eigenvalue weighted by atomic mass is 9.88. The molecule has 0 amide bonds. The van der Waals surface area contributed by atoms with Crippen molar-refractivity contribution in [3.05, 3.63) is 42.5 Å². The Morgan fingerprint density at radius 3 is 3.00 bits per heavy atom. The standard InChI is InChI=1S/C12H14N2O2/c1-2-12(6-4-3-5-7-12)14-9-13-8-10(14)11(15)16/h3-6,8-9H,2,7H2,1H3,(H,15,16)/t12-/m0/s1. The molecule has 0 saturated carbocycles. The highest BCUT2D eigenvalue weighted by atomic mass is 16.4. The van der Waals surface area contributed by atoms with E-state index < -0.39 is 5.97 Å². The molecule has 0 spiro atoms. The Morgan fingerprint density at radius 2 is 2.44 bits per heavy atom. The topological polar surface area (TPSA) is 55.1 Å². The first-order chi connectivity index (χ1) is 7.69. The average Bonchev–Trinajstić information content (AvgIpc) is 2.79. The van der Waals surface area contributed by atoms with Gasteiger partial charge in [-0.05, 0) is 12.8 Å². The van der Waals surface area contributed by atoms with E-state index in [2.05, 4.69) is 18.0 Å². The van der Waals surface area contributed by atoms with Gasteiger partial charge in [0.15, 0.2) is 0 Å². The zero-order valence-corrected chi connectivity index (χ0v) is 9.13. The van der Waals surface area contributed by atoms with Gasteiger partial charge in [0.2, 0.25) is 0 Å². The number of carboxylic acids is 1. The van der Waals surface area contributed by atoms with Crippen LogP contribution in [-0.2, 0) is 5.54 Å². The SMILES string of the molecule is CC[C@]1(n2cncc2C(=O)O)C=CC=CC1. The van der Waals surface area contributed by atoms with Gasteiger partial charge >= 0.3 is 5.97 Å². The fraction of sp³-hybridized carbons (Fsp3) is 0.333. The summed E-state index contributed by atoms with van der Waals surface area (Å²) in [5.74, 6) is -0.937. The van der Waals surface area contributed by atoms with Crippen molar-refractivity contribution < 1.29 is 9.90 Å². The van der Waals surface area contributed by atoms with E-state index in [1.807, 2.05) is 18.2 Å². The summed E-state index contributed by atoms with van der Waals surface area (Å²) in [7, 11) is 0. The van der Waals surface area contributed by atoms with E-state index in [1.165, 1.54) is 6.20 Å². The fourth-order valence-corrected chi connectivity index (χ4v) is 2.07. The Hall–Kier alpha value is -1.84. The normalized spacial score (nSPS) is 23.6. The van der Waals surface area contributed by atoms with Crippen LogP contribution in [0.5, 0.6) is 0 Å². The third kappa shape index (κ3) is 1.56. The van der Waals surface area contributed by atoms with Crippen LogP contribution >= 0.6 is 0 Å². The Kier molecular flexibility index (Phi) is 2.64. The van der Waals surface area contributed by atoms with Crippen LogP contribution in [0.25, 0.3) is 0 Å². The van der Waals surface area contributed by atoms with Crippen LogP contribution < -0.4 is 0 Å². The lowest BCUT2D eigenvalue weighted by molar-refractivity contribution is 0.0678. The lowest BCUT2D eigenvalue weighted by Gasteiger charge is -2.32. The predicted octanol–water partition coefficient (Wildman–Crippen LogP) is 2.20. The fourth-order valence-electron chi connectivity index (χ4n) is 2.07. The van der Waals surface area contributed by atoms with Crippen LogP contribution in [0.4, 0.5) is 0 Å². The van der Waals surface area contributed by atoms with E-state index in [9.17, 15) is 4.79 Å². The summed E-state index contributed by atoms with van der Waals surface area (Å²) in [5.41, 5.74) is -0.0410. The smallest absolute Gasteiger partial charge is 0.354 e. The molecule has 1 N–H and O–H groups in total. The number of carbonyl (C=O) groups is 1. The Balaban J connectivity index is 2.48. The maximum atomic E-state index is 11.1. The first-order valence-corrected chi connectivity index (χ1v) is 5.30. The molecule has 0 aliphatic heterocycles. The van der Waals surface area contributed by atoms with Crippen molar-refractivity contribution in [3.63, 3.8) is 0 Å². The molecule has 0 saturated heterocycles. The molecule has 1 heterocycles. The number of imidazole rings is 1. The van der Waals surface area contributed by atoms with E-state index in [0.29, 0.717) is 0 Å². The zero-order valence-electron chi connectivity index (χ0n) is 9.13. The minimum Gasteiger partial charge on any atom is -0.477 e. The molecule has 1 atom stereocenters. The second kappa shape index (κ2) is 3.96. The Labute approximate surface area is 93.9 Å². The summed E-state index contributed by atoms with van der Waals surface area (Å²) in [6.45, 7) is 2.05. The van der Waals surface area contributed by atoms with Gasteiger partial charge in [-0.1, -0.05) is 31.2 Å². The van der Waals surface area contributed by atoms with Crippen LogP contribution in [0.1, 0.15) is 30.3 Å². The molecule has 0 aromatic carbocycles. The van der Waals surface area contributed by atoms with Gasteiger partial charge in [0, 0.05) is 0 Å². The van der Waals surface area contributed by atoms with Gasteiger partial charge in [0.05, 0.1) is 18.1 Å². The third-order valence-electron chi connectivity index (χ3n) is 3.07. The summed E-state index contributed by atoms with van der Waals surface area (Å²) in [6.07, 6.45) is 12.7. The molecular weight excluding hydrogens is 204 g/mol. The molecule has 16 heavy (non-hydrogen) atoms. The van der Waals surface area contributed by atoms with Gasteiger partial charge in [0.25, 0.3) is 0 Å². The molecule has 0 radical (unpaired) electrons. The van der Waals surface area contributed by atoms with Crippen LogP contribution in [0.3, 0.4) is 0 Å². The van der Waals surface area contributed by atoms with Gasteiger partial charge in [-0.3, -0.25) is 0 Å². The van der Waals surface area contributed by atoms with E-state index in [-0.39, 0.29) is 11.2 Å². The van der Waals surface area contributed by atoms with E-state index >= 15 is 0 Å². The molecule has 84 valence electrons. The number of hydrogen-bond donors (Lipinski definition) is 1.